The van der Waals surface area contributed by atoms with Crippen LogP contribution in [0.2, 0.25) is 5.02 Å². The Kier molecular flexibility index (Phi) is 4.36. The summed E-state index contributed by atoms with van der Waals surface area (Å²) in [5.74, 6) is -1.61. The van der Waals surface area contributed by atoms with Crippen LogP contribution in [0.4, 0.5) is 5.69 Å². The molecule has 1 aromatic heterocycles. The van der Waals surface area contributed by atoms with E-state index in [0.717, 1.165) is 0 Å². The molecule has 0 radical (unpaired) electrons. The number of carboxylic acids is 1. The second kappa shape index (κ2) is 6.02. The van der Waals surface area contributed by atoms with Crippen molar-refractivity contribution in [1.82, 2.24) is 4.98 Å². The highest BCUT2D eigenvalue weighted by Crippen LogP contribution is 2.21. The van der Waals surface area contributed by atoms with Crippen molar-refractivity contribution in [3.63, 3.8) is 0 Å². The van der Waals surface area contributed by atoms with E-state index in [1.807, 2.05) is 0 Å². The molecule has 1 aromatic carbocycles. The van der Waals surface area contributed by atoms with Gasteiger partial charge < -0.3 is 10.4 Å². The molecule has 0 unspecified atom stereocenters. The van der Waals surface area contributed by atoms with Gasteiger partial charge in [-0.15, -0.1) is 0 Å². The fourth-order valence-electron chi connectivity index (χ4n) is 1.56. The van der Waals surface area contributed by atoms with Crippen molar-refractivity contribution < 1.29 is 14.7 Å². The van der Waals surface area contributed by atoms with Gasteiger partial charge in [0.05, 0.1) is 17.4 Å². The first-order chi connectivity index (χ1) is 9.47. The van der Waals surface area contributed by atoms with Crippen LogP contribution in [-0.2, 0) is 0 Å². The lowest BCUT2D eigenvalue weighted by Gasteiger charge is -2.08. The number of amides is 1. The van der Waals surface area contributed by atoms with Gasteiger partial charge in [0.25, 0.3) is 5.91 Å². The van der Waals surface area contributed by atoms with E-state index in [0.29, 0.717) is 15.1 Å². The summed E-state index contributed by atoms with van der Waals surface area (Å²) in [5, 5.41) is 11.9. The fourth-order valence-corrected chi connectivity index (χ4v) is 2.42. The second-order valence-electron chi connectivity index (χ2n) is 3.84. The molecule has 5 nitrogen and oxygen atoms in total. The van der Waals surface area contributed by atoms with Gasteiger partial charge in [0.15, 0.2) is 0 Å². The highest BCUT2D eigenvalue weighted by Gasteiger charge is 2.14. The minimum Gasteiger partial charge on any atom is -0.478 e. The Balaban J connectivity index is 2.30. The number of carbonyl (C=O) groups excluding carboxylic acids is 1. The molecule has 1 heterocycles. The molecule has 0 atom stereocenters. The first-order valence-electron chi connectivity index (χ1n) is 5.42. The minimum atomic E-state index is -1.14. The summed E-state index contributed by atoms with van der Waals surface area (Å²) in [6.07, 6.45) is 2.62. The first-order valence-corrected chi connectivity index (χ1v) is 6.59. The number of benzene rings is 1. The zero-order chi connectivity index (χ0) is 14.7. The van der Waals surface area contributed by atoms with Gasteiger partial charge in [-0.25, -0.2) is 4.79 Å². The molecule has 0 bridgehead atoms. The average molecular weight is 356 g/mol. The molecule has 0 saturated carbocycles. The van der Waals surface area contributed by atoms with Gasteiger partial charge >= 0.3 is 5.97 Å². The van der Waals surface area contributed by atoms with E-state index in [9.17, 15) is 9.59 Å². The highest BCUT2D eigenvalue weighted by atomic mass is 79.9. The number of aromatic carboxylic acids is 1. The van der Waals surface area contributed by atoms with Crippen molar-refractivity contribution in [3.05, 3.63) is 57.3 Å². The van der Waals surface area contributed by atoms with E-state index in [-0.39, 0.29) is 11.3 Å². The van der Waals surface area contributed by atoms with E-state index in [4.69, 9.17) is 16.7 Å². The van der Waals surface area contributed by atoms with Crippen molar-refractivity contribution >= 4 is 45.1 Å². The molecule has 2 rings (SSSR count). The maximum Gasteiger partial charge on any atom is 0.337 e. The average Bonchev–Trinajstić information content (AvgIpc) is 2.37. The fraction of sp³-hybridized carbons (Fsp3) is 0. The molecule has 20 heavy (non-hydrogen) atoms. The minimum absolute atomic E-state index is 0.0329. The van der Waals surface area contributed by atoms with E-state index in [1.165, 1.54) is 24.5 Å². The Morgan fingerprint density at radius 3 is 2.70 bits per heavy atom. The summed E-state index contributed by atoms with van der Waals surface area (Å²) in [5.41, 5.74) is 0.403. The molecular formula is C13H8BrClN2O3. The number of nitrogens with one attached hydrogen (secondary N) is 1. The lowest BCUT2D eigenvalue weighted by atomic mass is 10.2. The predicted octanol–water partition coefficient (Wildman–Crippen LogP) is 3.45. The van der Waals surface area contributed by atoms with Gasteiger partial charge in [0, 0.05) is 21.3 Å². The molecule has 0 aliphatic rings. The third-order valence-electron chi connectivity index (χ3n) is 2.42. The quantitative estimate of drug-likeness (QED) is 0.884. The third kappa shape index (κ3) is 3.34. The molecule has 0 saturated heterocycles. The van der Waals surface area contributed by atoms with Crippen LogP contribution in [0.5, 0.6) is 0 Å². The summed E-state index contributed by atoms with van der Waals surface area (Å²) < 4.78 is 0.653. The number of halogens is 2. The normalized spacial score (nSPS) is 10.1. The Hall–Kier alpha value is -1.92. The molecule has 102 valence electrons. The topological polar surface area (TPSA) is 79.3 Å². The Bertz CT molecular complexity index is 671. The van der Waals surface area contributed by atoms with Crippen LogP contribution in [-0.4, -0.2) is 22.0 Å². The van der Waals surface area contributed by atoms with Crippen LogP contribution in [0.3, 0.4) is 0 Å². The first kappa shape index (κ1) is 14.5. The van der Waals surface area contributed by atoms with Gasteiger partial charge in [-0.05, 0) is 24.3 Å². The monoisotopic (exact) mass is 354 g/mol. The van der Waals surface area contributed by atoms with Gasteiger partial charge in [0.2, 0.25) is 0 Å². The predicted molar refractivity (Wildman–Crippen MR) is 78.3 cm³/mol. The molecule has 0 fully saturated rings. The van der Waals surface area contributed by atoms with Crippen molar-refractivity contribution in [2.45, 2.75) is 0 Å². The Labute approximate surface area is 127 Å². The van der Waals surface area contributed by atoms with Crippen molar-refractivity contribution in [3.8, 4) is 0 Å². The van der Waals surface area contributed by atoms with E-state index < -0.39 is 11.9 Å². The van der Waals surface area contributed by atoms with Gasteiger partial charge in [-0.3, -0.25) is 9.78 Å². The van der Waals surface area contributed by atoms with Crippen LogP contribution in [0, 0.1) is 0 Å². The molecule has 1 amide bonds. The molecule has 0 spiro atoms. The SMILES string of the molecule is O=C(Nc1cnccc1C(=O)O)c1cc(Cl)cc(Br)c1. The zero-order valence-electron chi connectivity index (χ0n) is 9.93. The summed E-state index contributed by atoms with van der Waals surface area (Å²) in [7, 11) is 0. The molecule has 0 aliphatic heterocycles. The molecule has 2 aromatic rings. The summed E-state index contributed by atoms with van der Waals surface area (Å²) >= 11 is 9.10. The lowest BCUT2D eigenvalue weighted by Crippen LogP contribution is -2.15. The van der Waals surface area contributed by atoms with Crippen LogP contribution in [0.1, 0.15) is 20.7 Å². The van der Waals surface area contributed by atoms with E-state index in [1.54, 1.807) is 12.1 Å². The maximum atomic E-state index is 12.1. The van der Waals surface area contributed by atoms with Gasteiger partial charge in [-0.2, -0.15) is 0 Å². The second-order valence-corrected chi connectivity index (χ2v) is 5.19. The highest BCUT2D eigenvalue weighted by molar-refractivity contribution is 9.10. The maximum absolute atomic E-state index is 12.1. The number of carbonyl (C=O) groups is 2. The van der Waals surface area contributed by atoms with E-state index in [2.05, 4.69) is 26.2 Å². The van der Waals surface area contributed by atoms with Crippen LogP contribution in [0.25, 0.3) is 0 Å². The van der Waals surface area contributed by atoms with Crippen molar-refractivity contribution in [1.29, 1.82) is 0 Å². The molecular weight excluding hydrogens is 348 g/mol. The smallest absolute Gasteiger partial charge is 0.337 e. The number of aromatic nitrogens is 1. The number of hydrogen-bond donors (Lipinski definition) is 2. The van der Waals surface area contributed by atoms with E-state index >= 15 is 0 Å². The third-order valence-corrected chi connectivity index (χ3v) is 3.10. The molecule has 2 N–H and O–H groups in total. The standard InChI is InChI=1S/C13H8BrClN2O3/c14-8-3-7(4-9(15)5-8)12(18)17-11-6-16-2-1-10(11)13(19)20/h1-6H,(H,17,18)(H,19,20). The van der Waals surface area contributed by atoms with Crippen molar-refractivity contribution in [2.24, 2.45) is 0 Å². The van der Waals surface area contributed by atoms with Gasteiger partial charge in [-0.1, -0.05) is 27.5 Å². The summed E-state index contributed by atoms with van der Waals surface area (Å²) in [6.45, 7) is 0. The molecule has 0 aliphatic carbocycles. The summed E-state index contributed by atoms with van der Waals surface area (Å²) in [6, 6.07) is 6.02. The number of rotatable bonds is 3. The Morgan fingerprint density at radius 1 is 1.30 bits per heavy atom. The number of pyridine rings is 1. The van der Waals surface area contributed by atoms with Crippen molar-refractivity contribution in [2.75, 3.05) is 5.32 Å². The Morgan fingerprint density at radius 2 is 2.05 bits per heavy atom. The molecule has 7 heteroatoms. The largest absolute Gasteiger partial charge is 0.478 e. The number of anilines is 1. The van der Waals surface area contributed by atoms with Gasteiger partial charge in [0.1, 0.15) is 0 Å². The van der Waals surface area contributed by atoms with Crippen LogP contribution < -0.4 is 5.32 Å². The zero-order valence-corrected chi connectivity index (χ0v) is 12.3. The lowest BCUT2D eigenvalue weighted by molar-refractivity contribution is 0.0698. The van der Waals surface area contributed by atoms with Crippen LogP contribution >= 0.6 is 27.5 Å². The number of hydrogen-bond acceptors (Lipinski definition) is 3. The van der Waals surface area contributed by atoms with Crippen LogP contribution in [0.15, 0.2) is 41.1 Å². The summed E-state index contributed by atoms with van der Waals surface area (Å²) in [4.78, 5) is 26.9. The number of carboxylic acid groups (broad SMARTS) is 1. The number of nitrogens with zero attached hydrogens (tertiary/aromatic N) is 1.